The molecule has 0 aliphatic rings. The molecule has 0 aliphatic carbocycles. The first-order chi connectivity index (χ1) is 6.27. The maximum atomic E-state index is 8.73. The Balaban J connectivity index is 2.88. The van der Waals surface area contributed by atoms with Crippen LogP contribution in [0.2, 0.25) is 0 Å². The number of aromatic nitrogens is 1. The second-order valence-electron chi connectivity index (χ2n) is 2.31. The van der Waals surface area contributed by atoms with Gasteiger partial charge in [-0.15, -0.1) is 0 Å². The van der Waals surface area contributed by atoms with Crippen molar-refractivity contribution >= 4 is 21.7 Å². The maximum Gasteiger partial charge on any atom is 0.144 e. The first kappa shape index (κ1) is 9.96. The summed E-state index contributed by atoms with van der Waals surface area (Å²) >= 11 is 3.21. The van der Waals surface area contributed by atoms with Crippen LogP contribution in [0, 0.1) is 11.3 Å². The van der Waals surface area contributed by atoms with Crippen LogP contribution in [0.4, 0.5) is 5.82 Å². The van der Waals surface area contributed by atoms with Crippen molar-refractivity contribution in [3.63, 3.8) is 0 Å². The normalized spacial score (nSPS) is 9.31. The molecule has 1 rings (SSSR count). The van der Waals surface area contributed by atoms with Gasteiger partial charge < -0.3 is 10.4 Å². The number of aliphatic hydroxyl groups is 1. The number of pyridine rings is 1. The summed E-state index contributed by atoms with van der Waals surface area (Å²) in [6, 6.07) is 3.68. The van der Waals surface area contributed by atoms with Gasteiger partial charge in [-0.2, -0.15) is 5.26 Å². The molecule has 0 aliphatic heterocycles. The number of aliphatic hydroxyl groups excluding tert-OH is 1. The lowest BCUT2D eigenvalue weighted by atomic mass is 10.3. The Kier molecular flexibility index (Phi) is 3.68. The summed E-state index contributed by atoms with van der Waals surface area (Å²) in [5, 5.41) is 20.1. The number of nitriles is 1. The average molecular weight is 242 g/mol. The molecule has 5 heteroatoms. The summed E-state index contributed by atoms with van der Waals surface area (Å²) in [7, 11) is 0. The molecule has 13 heavy (non-hydrogen) atoms. The summed E-state index contributed by atoms with van der Waals surface area (Å²) < 4.78 is 0.763. The van der Waals surface area contributed by atoms with E-state index >= 15 is 0 Å². The number of anilines is 1. The number of rotatable bonds is 3. The number of halogens is 1. The first-order valence-electron chi connectivity index (χ1n) is 3.68. The van der Waals surface area contributed by atoms with Crippen molar-refractivity contribution in [2.24, 2.45) is 0 Å². The monoisotopic (exact) mass is 241 g/mol. The molecule has 0 amide bonds. The molecule has 4 nitrogen and oxygen atoms in total. The van der Waals surface area contributed by atoms with Gasteiger partial charge in [-0.1, -0.05) is 0 Å². The van der Waals surface area contributed by atoms with Crippen molar-refractivity contribution in [1.29, 1.82) is 5.26 Å². The van der Waals surface area contributed by atoms with Crippen molar-refractivity contribution in [1.82, 2.24) is 4.98 Å². The van der Waals surface area contributed by atoms with Gasteiger partial charge in [0.1, 0.15) is 11.9 Å². The molecule has 0 saturated heterocycles. The fraction of sp³-hybridized carbons (Fsp3) is 0.250. The molecule has 68 valence electrons. The minimum Gasteiger partial charge on any atom is -0.395 e. The van der Waals surface area contributed by atoms with Crippen LogP contribution in [0.3, 0.4) is 0 Å². The Labute approximate surface area is 84.4 Å². The zero-order valence-electron chi connectivity index (χ0n) is 6.79. The molecule has 1 aromatic rings. The third-order valence-corrected chi connectivity index (χ3v) is 1.81. The summed E-state index contributed by atoms with van der Waals surface area (Å²) in [4.78, 5) is 3.99. The predicted molar refractivity (Wildman–Crippen MR) is 52.2 cm³/mol. The Hall–Kier alpha value is -1.12. The molecule has 0 aromatic carbocycles. The Morgan fingerprint density at radius 3 is 3.08 bits per heavy atom. The van der Waals surface area contributed by atoms with Gasteiger partial charge in [-0.25, -0.2) is 4.98 Å². The van der Waals surface area contributed by atoms with Crippen molar-refractivity contribution < 1.29 is 5.11 Å². The summed E-state index contributed by atoms with van der Waals surface area (Å²) in [6.07, 6.45) is 1.60. The molecular formula is C8H8BrN3O. The Bertz CT molecular complexity index is 335. The number of nitrogens with one attached hydrogen (secondary N) is 1. The van der Waals surface area contributed by atoms with Crippen LogP contribution in [-0.2, 0) is 0 Å². The van der Waals surface area contributed by atoms with Crippen LogP contribution in [-0.4, -0.2) is 23.2 Å². The lowest BCUT2D eigenvalue weighted by Crippen LogP contribution is -2.08. The zero-order chi connectivity index (χ0) is 9.68. The lowest BCUT2D eigenvalue weighted by molar-refractivity contribution is 0.311. The molecule has 0 radical (unpaired) electrons. The molecule has 0 fully saturated rings. The van der Waals surface area contributed by atoms with Gasteiger partial charge in [0.05, 0.1) is 12.2 Å². The zero-order valence-corrected chi connectivity index (χ0v) is 8.37. The van der Waals surface area contributed by atoms with E-state index < -0.39 is 0 Å². The van der Waals surface area contributed by atoms with Crippen LogP contribution >= 0.6 is 15.9 Å². The van der Waals surface area contributed by atoms with Gasteiger partial charge in [0, 0.05) is 17.2 Å². The summed E-state index contributed by atoms with van der Waals surface area (Å²) in [5.41, 5.74) is 0.461. The third-order valence-electron chi connectivity index (χ3n) is 1.38. The highest BCUT2D eigenvalue weighted by molar-refractivity contribution is 9.10. The smallest absolute Gasteiger partial charge is 0.144 e. The fourth-order valence-corrected chi connectivity index (χ4v) is 1.17. The molecule has 1 aromatic heterocycles. The van der Waals surface area contributed by atoms with Gasteiger partial charge in [0.2, 0.25) is 0 Å². The highest BCUT2D eigenvalue weighted by atomic mass is 79.9. The van der Waals surface area contributed by atoms with Crippen LogP contribution in [0.25, 0.3) is 0 Å². The quantitative estimate of drug-likeness (QED) is 0.833. The van der Waals surface area contributed by atoms with E-state index in [1.54, 1.807) is 12.3 Å². The minimum absolute atomic E-state index is 0.0165. The van der Waals surface area contributed by atoms with Crippen molar-refractivity contribution in [2.45, 2.75) is 0 Å². The van der Waals surface area contributed by atoms with Crippen LogP contribution in [0.5, 0.6) is 0 Å². The fourth-order valence-electron chi connectivity index (χ4n) is 0.840. The van der Waals surface area contributed by atoms with Crippen LogP contribution < -0.4 is 5.32 Å². The Morgan fingerprint density at radius 1 is 1.69 bits per heavy atom. The highest BCUT2D eigenvalue weighted by Gasteiger charge is 2.02. The lowest BCUT2D eigenvalue weighted by Gasteiger charge is -2.04. The van der Waals surface area contributed by atoms with E-state index in [1.807, 2.05) is 6.07 Å². The minimum atomic E-state index is 0.0165. The van der Waals surface area contributed by atoms with Gasteiger partial charge >= 0.3 is 0 Å². The standard InChI is InChI=1S/C8H8BrN3O/c9-7-3-6(4-10)8(12-5-7)11-1-2-13/h3,5,13H,1-2H2,(H,11,12). The first-order valence-corrected chi connectivity index (χ1v) is 4.47. The second kappa shape index (κ2) is 4.80. The number of hydrogen-bond donors (Lipinski definition) is 2. The van der Waals surface area contributed by atoms with Crippen molar-refractivity contribution in [3.8, 4) is 6.07 Å². The number of nitrogens with zero attached hydrogens (tertiary/aromatic N) is 2. The Morgan fingerprint density at radius 2 is 2.46 bits per heavy atom. The van der Waals surface area contributed by atoms with E-state index in [1.165, 1.54) is 0 Å². The van der Waals surface area contributed by atoms with Gasteiger partial charge in [0.25, 0.3) is 0 Å². The van der Waals surface area contributed by atoms with Gasteiger partial charge in [-0.3, -0.25) is 0 Å². The summed E-state index contributed by atoms with van der Waals surface area (Å²) in [5.74, 6) is 0.500. The van der Waals surface area contributed by atoms with Gasteiger partial charge in [0.15, 0.2) is 0 Å². The van der Waals surface area contributed by atoms with Crippen molar-refractivity contribution in [2.75, 3.05) is 18.5 Å². The summed E-state index contributed by atoms with van der Waals surface area (Å²) in [6.45, 7) is 0.409. The van der Waals surface area contributed by atoms with E-state index in [0.717, 1.165) is 4.47 Å². The SMILES string of the molecule is N#Cc1cc(Br)cnc1NCCO. The maximum absolute atomic E-state index is 8.73. The van der Waals surface area contributed by atoms with Crippen LogP contribution in [0.1, 0.15) is 5.56 Å². The van der Waals surface area contributed by atoms with E-state index in [0.29, 0.717) is 17.9 Å². The highest BCUT2D eigenvalue weighted by Crippen LogP contribution is 2.16. The van der Waals surface area contributed by atoms with Crippen molar-refractivity contribution in [3.05, 3.63) is 22.3 Å². The molecule has 0 saturated carbocycles. The van der Waals surface area contributed by atoms with Gasteiger partial charge in [-0.05, 0) is 22.0 Å². The molecule has 1 heterocycles. The third kappa shape index (κ3) is 2.68. The van der Waals surface area contributed by atoms with Crippen LogP contribution in [0.15, 0.2) is 16.7 Å². The largest absolute Gasteiger partial charge is 0.395 e. The average Bonchev–Trinajstić information content (AvgIpc) is 2.16. The molecule has 0 atom stereocenters. The molecular weight excluding hydrogens is 234 g/mol. The number of hydrogen-bond acceptors (Lipinski definition) is 4. The predicted octanol–water partition coefficient (Wildman–Crippen LogP) is 1.12. The molecule has 0 spiro atoms. The molecule has 0 bridgehead atoms. The van der Waals surface area contributed by atoms with E-state index in [2.05, 4.69) is 26.2 Å². The molecule has 0 unspecified atom stereocenters. The molecule has 2 N–H and O–H groups in total. The second-order valence-corrected chi connectivity index (χ2v) is 3.23. The van der Waals surface area contributed by atoms with E-state index in [9.17, 15) is 0 Å². The van der Waals surface area contributed by atoms with E-state index in [4.69, 9.17) is 10.4 Å². The van der Waals surface area contributed by atoms with E-state index in [-0.39, 0.29) is 6.61 Å². The topological polar surface area (TPSA) is 68.9 Å².